The van der Waals surface area contributed by atoms with E-state index in [0.717, 1.165) is 23.9 Å². The van der Waals surface area contributed by atoms with Crippen LogP contribution in [0.25, 0.3) is 0 Å². The molecule has 1 aromatic heterocycles. The first-order valence-corrected chi connectivity index (χ1v) is 9.58. The van der Waals surface area contributed by atoms with Gasteiger partial charge in [-0.3, -0.25) is 15.6 Å². The van der Waals surface area contributed by atoms with Crippen molar-refractivity contribution in [2.75, 3.05) is 6.54 Å². The fourth-order valence-corrected chi connectivity index (χ4v) is 2.80. The van der Waals surface area contributed by atoms with E-state index in [1.165, 1.54) is 0 Å². The molecule has 1 amide bonds. The molecule has 0 radical (unpaired) electrons. The molecule has 2 rings (SSSR count). The van der Waals surface area contributed by atoms with Crippen LogP contribution in [0.2, 0.25) is 5.02 Å². The number of hydrazine groups is 1. The van der Waals surface area contributed by atoms with Crippen LogP contribution in [0.4, 0.5) is 0 Å². The van der Waals surface area contributed by atoms with Gasteiger partial charge in [-0.1, -0.05) is 40.9 Å². The molecule has 0 aliphatic rings. The number of furan rings is 1. The summed E-state index contributed by atoms with van der Waals surface area (Å²) in [5.74, 6) is 0.743. The molecule has 0 saturated carbocycles. The van der Waals surface area contributed by atoms with Gasteiger partial charge in [0.2, 0.25) is 0 Å². The van der Waals surface area contributed by atoms with Crippen molar-refractivity contribution in [3.05, 3.63) is 51.3 Å². The number of thiocarbonyl (C=S) groups is 1. The van der Waals surface area contributed by atoms with Gasteiger partial charge in [-0.25, -0.2) is 0 Å². The summed E-state index contributed by atoms with van der Waals surface area (Å²) in [5.41, 5.74) is 5.10. The van der Waals surface area contributed by atoms with E-state index in [9.17, 15) is 4.79 Å². The molecular weight excluding hydrogens is 442 g/mol. The second kappa shape index (κ2) is 10.4. The minimum absolute atomic E-state index is 0.148. The number of carbonyl (C=O) groups excluding carboxylic acids is 1. The lowest BCUT2D eigenvalue weighted by Gasteiger charge is -2.10. The van der Waals surface area contributed by atoms with E-state index in [0.29, 0.717) is 21.6 Å². The summed E-state index contributed by atoms with van der Waals surface area (Å²) in [4.78, 5) is 12.0. The van der Waals surface area contributed by atoms with Crippen molar-refractivity contribution in [1.29, 1.82) is 0 Å². The summed E-state index contributed by atoms with van der Waals surface area (Å²) in [6, 6.07) is 8.54. The number of rotatable bonds is 7. The van der Waals surface area contributed by atoms with Crippen molar-refractivity contribution in [3.8, 4) is 5.75 Å². The van der Waals surface area contributed by atoms with Gasteiger partial charge in [0.15, 0.2) is 10.9 Å². The molecule has 26 heavy (non-hydrogen) atoms. The summed E-state index contributed by atoms with van der Waals surface area (Å²) < 4.78 is 11.9. The predicted octanol–water partition coefficient (Wildman–Crippen LogP) is 4.18. The van der Waals surface area contributed by atoms with Crippen molar-refractivity contribution < 1.29 is 13.9 Å². The molecule has 2 aromatic rings. The maximum Gasteiger partial charge on any atom is 0.305 e. The van der Waals surface area contributed by atoms with Gasteiger partial charge in [-0.15, -0.1) is 0 Å². The summed E-state index contributed by atoms with van der Waals surface area (Å²) in [5, 5.41) is 3.82. The fraction of sp³-hybridized carbons (Fsp3) is 0.294. The lowest BCUT2D eigenvalue weighted by molar-refractivity contribution is 0.0911. The van der Waals surface area contributed by atoms with Gasteiger partial charge in [-0.05, 0) is 49.0 Å². The highest BCUT2D eigenvalue weighted by Crippen LogP contribution is 2.28. The van der Waals surface area contributed by atoms with Crippen LogP contribution in [0.1, 0.15) is 36.1 Å². The molecule has 3 N–H and O–H groups in total. The smallest absolute Gasteiger partial charge is 0.305 e. The molecule has 0 unspecified atom stereocenters. The zero-order valence-electron chi connectivity index (χ0n) is 14.1. The van der Waals surface area contributed by atoms with Crippen molar-refractivity contribution >= 4 is 50.8 Å². The molecule has 0 atom stereocenters. The molecule has 0 fully saturated rings. The minimum atomic E-state index is -0.433. The number of ether oxygens (including phenoxy) is 1. The topological polar surface area (TPSA) is 75.5 Å². The third-order valence-corrected chi connectivity index (χ3v) is 4.29. The quantitative estimate of drug-likeness (QED) is 0.327. The molecule has 1 aromatic carbocycles. The maximum atomic E-state index is 12.0. The number of hydrogen-bond donors (Lipinski definition) is 3. The van der Waals surface area contributed by atoms with Gasteiger partial charge in [-0.2, -0.15) is 0 Å². The normalized spacial score (nSPS) is 10.3. The lowest BCUT2D eigenvalue weighted by atomic mass is 10.3. The summed E-state index contributed by atoms with van der Waals surface area (Å²) in [6.07, 6.45) is 2.06. The molecule has 0 aliphatic heterocycles. The Labute approximate surface area is 170 Å². The average Bonchev–Trinajstić information content (AvgIpc) is 3.08. The second-order valence-corrected chi connectivity index (χ2v) is 7.05. The number of halogens is 2. The molecule has 0 spiro atoms. The summed E-state index contributed by atoms with van der Waals surface area (Å²) in [7, 11) is 0. The van der Waals surface area contributed by atoms with Crippen molar-refractivity contribution in [2.45, 2.75) is 26.4 Å². The Kier molecular flexibility index (Phi) is 8.21. The van der Waals surface area contributed by atoms with Crippen LogP contribution in [-0.2, 0) is 6.61 Å². The number of amides is 1. The number of benzene rings is 1. The summed E-state index contributed by atoms with van der Waals surface area (Å²) in [6.45, 7) is 2.99. The van der Waals surface area contributed by atoms with Crippen LogP contribution in [-0.4, -0.2) is 17.6 Å². The zero-order chi connectivity index (χ0) is 18.9. The minimum Gasteiger partial charge on any atom is -0.484 e. The number of unbranched alkanes of at least 4 members (excludes halogenated alkanes) is 1. The molecular formula is C17H19BrClN3O3S. The molecule has 6 nitrogen and oxygen atoms in total. The second-order valence-electron chi connectivity index (χ2n) is 5.32. The van der Waals surface area contributed by atoms with Crippen LogP contribution < -0.4 is 20.9 Å². The SMILES string of the molecule is CCCCNC(=S)NNC(=O)c1ccc(COc2ccc(Br)cc2Cl)o1. The third-order valence-electron chi connectivity index (χ3n) is 3.25. The van der Waals surface area contributed by atoms with E-state index < -0.39 is 5.91 Å². The number of carbonyl (C=O) groups is 1. The van der Waals surface area contributed by atoms with Gasteiger partial charge < -0.3 is 14.5 Å². The van der Waals surface area contributed by atoms with E-state index >= 15 is 0 Å². The number of nitrogens with one attached hydrogen (secondary N) is 3. The first-order chi connectivity index (χ1) is 12.5. The Bertz CT molecular complexity index is 769. The highest BCUT2D eigenvalue weighted by atomic mass is 79.9. The Balaban J connectivity index is 1.81. The molecule has 0 aliphatic carbocycles. The largest absolute Gasteiger partial charge is 0.484 e. The van der Waals surface area contributed by atoms with Crippen molar-refractivity contribution in [3.63, 3.8) is 0 Å². The Morgan fingerprint density at radius 3 is 2.85 bits per heavy atom. The van der Waals surface area contributed by atoms with Crippen molar-refractivity contribution in [2.24, 2.45) is 0 Å². The van der Waals surface area contributed by atoms with Crippen LogP contribution in [0.3, 0.4) is 0 Å². The van der Waals surface area contributed by atoms with E-state index in [4.69, 9.17) is 33.0 Å². The van der Waals surface area contributed by atoms with Crippen LogP contribution in [0.5, 0.6) is 5.75 Å². The van der Waals surface area contributed by atoms with Crippen LogP contribution in [0, 0.1) is 0 Å². The van der Waals surface area contributed by atoms with Gasteiger partial charge in [0, 0.05) is 11.0 Å². The van der Waals surface area contributed by atoms with E-state index in [2.05, 4.69) is 39.0 Å². The average molecular weight is 461 g/mol. The third kappa shape index (κ3) is 6.51. The Morgan fingerprint density at radius 2 is 2.12 bits per heavy atom. The first kappa shape index (κ1) is 20.5. The molecule has 9 heteroatoms. The predicted molar refractivity (Wildman–Crippen MR) is 108 cm³/mol. The zero-order valence-corrected chi connectivity index (χ0v) is 17.3. The maximum absolute atomic E-state index is 12.0. The van der Waals surface area contributed by atoms with Crippen LogP contribution >= 0.6 is 39.7 Å². The highest BCUT2D eigenvalue weighted by molar-refractivity contribution is 9.10. The Hall–Kier alpha value is -1.77. The lowest BCUT2D eigenvalue weighted by Crippen LogP contribution is -2.46. The van der Waals surface area contributed by atoms with Gasteiger partial charge in [0.25, 0.3) is 0 Å². The Morgan fingerprint density at radius 1 is 1.31 bits per heavy atom. The molecule has 1 heterocycles. The van der Waals surface area contributed by atoms with Crippen LogP contribution in [0.15, 0.2) is 39.2 Å². The standard InChI is InChI=1S/C17H19BrClN3O3S/c1-2-3-8-20-17(26)22-21-16(23)15-7-5-12(25-15)10-24-14-6-4-11(18)9-13(14)19/h4-7,9H,2-3,8,10H2,1H3,(H,21,23)(H2,20,22,26). The molecule has 140 valence electrons. The first-order valence-electron chi connectivity index (χ1n) is 8.00. The van der Waals surface area contributed by atoms with E-state index in [1.807, 2.05) is 6.07 Å². The van der Waals surface area contributed by atoms with Gasteiger partial charge in [0.05, 0.1) is 5.02 Å². The number of hydrogen-bond acceptors (Lipinski definition) is 4. The highest BCUT2D eigenvalue weighted by Gasteiger charge is 2.12. The molecule has 0 saturated heterocycles. The monoisotopic (exact) mass is 459 g/mol. The van der Waals surface area contributed by atoms with Gasteiger partial charge >= 0.3 is 5.91 Å². The summed E-state index contributed by atoms with van der Waals surface area (Å²) >= 11 is 14.5. The van der Waals surface area contributed by atoms with Crippen molar-refractivity contribution in [1.82, 2.24) is 16.2 Å². The van der Waals surface area contributed by atoms with E-state index in [1.54, 1.807) is 24.3 Å². The van der Waals surface area contributed by atoms with E-state index in [-0.39, 0.29) is 12.4 Å². The molecule has 0 bridgehead atoms. The van der Waals surface area contributed by atoms with Gasteiger partial charge in [0.1, 0.15) is 18.1 Å². The fourth-order valence-electron chi connectivity index (χ4n) is 1.92.